The molecule has 2 rings (SSSR count). The van der Waals surface area contributed by atoms with E-state index in [0.29, 0.717) is 10.0 Å². The van der Waals surface area contributed by atoms with Crippen molar-refractivity contribution in [2.75, 3.05) is 0 Å². The first kappa shape index (κ1) is 15.0. The first-order valence-corrected chi connectivity index (χ1v) is 7.75. The van der Waals surface area contributed by atoms with Crippen LogP contribution in [0.1, 0.15) is 12.6 Å². The van der Waals surface area contributed by atoms with Crippen molar-refractivity contribution in [3.63, 3.8) is 0 Å². The van der Waals surface area contributed by atoms with Crippen LogP contribution >= 0.6 is 34.3 Å². The minimum atomic E-state index is -1.06. The second-order valence-corrected chi connectivity index (χ2v) is 6.63. The Hall–Kier alpha value is -1.44. The standard InChI is InChI=1S/C12H11ClN2O3S2/c1-6(12(17)18)14-10(16)4-7-5-19-11(15-7)8-2-3-9(13)20-8/h2-3,5-6H,4H2,1H3,(H,14,16)(H,17,18). The Balaban J connectivity index is 1.99. The van der Waals surface area contributed by atoms with E-state index in [1.54, 1.807) is 11.4 Å². The van der Waals surface area contributed by atoms with E-state index in [9.17, 15) is 9.59 Å². The molecule has 0 aromatic carbocycles. The van der Waals surface area contributed by atoms with Gasteiger partial charge in [-0.25, -0.2) is 4.98 Å². The summed E-state index contributed by atoms with van der Waals surface area (Å²) < 4.78 is 0.685. The van der Waals surface area contributed by atoms with Crippen LogP contribution in [0.3, 0.4) is 0 Å². The first-order valence-electron chi connectivity index (χ1n) is 5.68. The maximum atomic E-state index is 11.6. The highest BCUT2D eigenvalue weighted by molar-refractivity contribution is 7.23. The number of hydrogen-bond acceptors (Lipinski definition) is 5. The SMILES string of the molecule is CC(NC(=O)Cc1csc(-c2ccc(Cl)s2)n1)C(=O)O. The molecule has 0 radical (unpaired) electrons. The van der Waals surface area contributed by atoms with Crippen LogP contribution in [-0.4, -0.2) is 28.0 Å². The molecular weight excluding hydrogens is 320 g/mol. The van der Waals surface area contributed by atoms with E-state index in [1.165, 1.54) is 29.6 Å². The smallest absolute Gasteiger partial charge is 0.325 e. The number of rotatable bonds is 5. The summed E-state index contributed by atoms with van der Waals surface area (Å²) in [6.45, 7) is 1.42. The number of nitrogens with one attached hydrogen (secondary N) is 1. The maximum Gasteiger partial charge on any atom is 0.325 e. The molecule has 0 spiro atoms. The number of carboxylic acids is 1. The van der Waals surface area contributed by atoms with E-state index in [1.807, 2.05) is 6.07 Å². The molecule has 0 aliphatic heterocycles. The first-order chi connectivity index (χ1) is 9.45. The minimum Gasteiger partial charge on any atom is -0.480 e. The Labute approximate surface area is 128 Å². The molecule has 2 N–H and O–H groups in total. The van der Waals surface area contributed by atoms with Gasteiger partial charge in [-0.1, -0.05) is 11.6 Å². The number of carbonyl (C=O) groups excluding carboxylic acids is 1. The van der Waals surface area contributed by atoms with Crippen LogP contribution in [0.4, 0.5) is 0 Å². The van der Waals surface area contributed by atoms with Crippen LogP contribution in [0.15, 0.2) is 17.5 Å². The van der Waals surface area contributed by atoms with Crippen molar-refractivity contribution in [2.24, 2.45) is 0 Å². The van der Waals surface area contributed by atoms with Gasteiger partial charge in [-0.2, -0.15) is 0 Å². The number of carboxylic acid groups (broad SMARTS) is 1. The lowest BCUT2D eigenvalue weighted by Crippen LogP contribution is -2.39. The molecule has 0 aliphatic rings. The zero-order valence-corrected chi connectivity index (χ0v) is 12.8. The third-order valence-electron chi connectivity index (χ3n) is 2.43. The number of aliphatic carboxylic acids is 1. The number of thiazole rings is 1. The normalized spacial score (nSPS) is 12.1. The summed E-state index contributed by atoms with van der Waals surface area (Å²) in [7, 11) is 0. The van der Waals surface area contributed by atoms with Crippen molar-refractivity contribution in [3.05, 3.63) is 27.5 Å². The van der Waals surface area contributed by atoms with Crippen LogP contribution in [0.5, 0.6) is 0 Å². The highest BCUT2D eigenvalue weighted by Gasteiger charge is 2.15. The molecule has 0 aliphatic carbocycles. The van der Waals surface area contributed by atoms with Crippen molar-refractivity contribution in [3.8, 4) is 9.88 Å². The molecule has 1 atom stereocenters. The molecule has 2 heterocycles. The molecule has 0 saturated heterocycles. The fraction of sp³-hybridized carbons (Fsp3) is 0.250. The zero-order chi connectivity index (χ0) is 14.7. The molecule has 0 saturated carbocycles. The van der Waals surface area contributed by atoms with Crippen LogP contribution in [0, 0.1) is 0 Å². The Morgan fingerprint density at radius 3 is 2.85 bits per heavy atom. The number of halogens is 1. The third-order valence-corrected chi connectivity index (χ3v) is 4.72. The van der Waals surface area contributed by atoms with Crippen LogP contribution < -0.4 is 5.32 Å². The molecule has 2 aromatic rings. The second-order valence-electron chi connectivity index (χ2n) is 4.05. The number of amides is 1. The number of aromatic nitrogens is 1. The van der Waals surface area contributed by atoms with E-state index in [0.717, 1.165) is 9.88 Å². The summed E-state index contributed by atoms with van der Waals surface area (Å²) >= 11 is 8.71. The van der Waals surface area contributed by atoms with Gasteiger partial charge in [0.2, 0.25) is 5.91 Å². The molecule has 5 nitrogen and oxygen atoms in total. The predicted octanol–water partition coefficient (Wildman–Crippen LogP) is 2.66. The molecule has 1 amide bonds. The Morgan fingerprint density at radius 2 is 2.25 bits per heavy atom. The summed E-state index contributed by atoms with van der Waals surface area (Å²) in [5, 5.41) is 13.7. The fourth-order valence-corrected chi connectivity index (χ4v) is 3.38. The van der Waals surface area contributed by atoms with Gasteiger partial charge in [0.15, 0.2) is 0 Å². The Bertz CT molecular complexity index is 638. The molecule has 8 heteroatoms. The van der Waals surface area contributed by atoms with Crippen molar-refractivity contribution >= 4 is 46.2 Å². The van der Waals surface area contributed by atoms with Crippen molar-refractivity contribution in [1.82, 2.24) is 10.3 Å². The van der Waals surface area contributed by atoms with Gasteiger partial charge in [0.05, 0.1) is 21.3 Å². The van der Waals surface area contributed by atoms with Gasteiger partial charge in [0, 0.05) is 5.38 Å². The van der Waals surface area contributed by atoms with Gasteiger partial charge >= 0.3 is 5.97 Å². The zero-order valence-electron chi connectivity index (χ0n) is 10.4. The van der Waals surface area contributed by atoms with E-state index < -0.39 is 12.0 Å². The summed E-state index contributed by atoms with van der Waals surface area (Å²) in [5.74, 6) is -1.42. The second kappa shape index (κ2) is 6.34. The van der Waals surface area contributed by atoms with Gasteiger partial charge in [-0.3, -0.25) is 9.59 Å². The number of hydrogen-bond donors (Lipinski definition) is 2. The van der Waals surface area contributed by atoms with E-state index in [2.05, 4.69) is 10.3 Å². The maximum absolute atomic E-state index is 11.6. The lowest BCUT2D eigenvalue weighted by molar-refractivity contribution is -0.141. The molecule has 1 unspecified atom stereocenters. The van der Waals surface area contributed by atoms with Crippen molar-refractivity contribution < 1.29 is 14.7 Å². The van der Waals surface area contributed by atoms with Gasteiger partial charge in [-0.05, 0) is 19.1 Å². The van der Waals surface area contributed by atoms with Crippen molar-refractivity contribution in [1.29, 1.82) is 0 Å². The average molecular weight is 331 g/mol. The van der Waals surface area contributed by atoms with Gasteiger partial charge in [0.1, 0.15) is 11.0 Å². The minimum absolute atomic E-state index is 0.0627. The van der Waals surface area contributed by atoms with Crippen molar-refractivity contribution in [2.45, 2.75) is 19.4 Å². The highest BCUT2D eigenvalue weighted by atomic mass is 35.5. The van der Waals surface area contributed by atoms with Gasteiger partial charge in [-0.15, -0.1) is 22.7 Å². The summed E-state index contributed by atoms with van der Waals surface area (Å²) in [5.41, 5.74) is 0.615. The summed E-state index contributed by atoms with van der Waals surface area (Å²) in [6.07, 6.45) is 0.0627. The molecule has 0 bridgehead atoms. The predicted molar refractivity (Wildman–Crippen MR) is 79.4 cm³/mol. The average Bonchev–Trinajstić information content (AvgIpc) is 2.97. The van der Waals surface area contributed by atoms with Crippen LogP contribution in [0.2, 0.25) is 4.34 Å². The van der Waals surface area contributed by atoms with Gasteiger partial charge < -0.3 is 10.4 Å². The Kier molecular flexibility index (Phi) is 4.74. The third kappa shape index (κ3) is 3.78. The highest BCUT2D eigenvalue weighted by Crippen LogP contribution is 2.32. The Morgan fingerprint density at radius 1 is 1.50 bits per heavy atom. The van der Waals surface area contributed by atoms with E-state index in [-0.39, 0.29) is 12.3 Å². The molecule has 0 fully saturated rings. The molecule has 20 heavy (non-hydrogen) atoms. The van der Waals surface area contributed by atoms with E-state index >= 15 is 0 Å². The van der Waals surface area contributed by atoms with Crippen LogP contribution in [0.25, 0.3) is 9.88 Å². The summed E-state index contributed by atoms with van der Waals surface area (Å²) in [4.78, 5) is 27.6. The molecular formula is C12H11ClN2O3S2. The molecule has 106 valence electrons. The topological polar surface area (TPSA) is 79.3 Å². The number of thiophene rings is 1. The molecule has 2 aromatic heterocycles. The summed E-state index contributed by atoms with van der Waals surface area (Å²) in [6, 6.07) is 2.77. The van der Waals surface area contributed by atoms with Gasteiger partial charge in [0.25, 0.3) is 0 Å². The fourth-order valence-electron chi connectivity index (χ4n) is 1.45. The number of carbonyl (C=O) groups is 2. The largest absolute Gasteiger partial charge is 0.480 e. The van der Waals surface area contributed by atoms with E-state index in [4.69, 9.17) is 16.7 Å². The lowest BCUT2D eigenvalue weighted by atomic mass is 10.3. The number of nitrogens with zero attached hydrogens (tertiary/aromatic N) is 1. The van der Waals surface area contributed by atoms with Crippen LogP contribution in [-0.2, 0) is 16.0 Å². The monoisotopic (exact) mass is 330 g/mol. The lowest BCUT2D eigenvalue weighted by Gasteiger charge is -2.07. The quantitative estimate of drug-likeness (QED) is 0.883.